The first-order valence-electron chi connectivity index (χ1n) is 10.5. The Balaban J connectivity index is 0.00000150. The zero-order valence-electron chi connectivity index (χ0n) is 17.6. The average molecular weight is 495 g/mol. The number of imidazole rings is 2. The number of pyridine rings is 1. The minimum atomic E-state index is 0. The van der Waals surface area contributed by atoms with E-state index in [2.05, 4.69) is 39.1 Å². The lowest BCUT2D eigenvalue weighted by atomic mass is 9.95. The van der Waals surface area contributed by atoms with Crippen LogP contribution in [-0.2, 0) is 0 Å². The number of thioether (sulfide) groups is 1. The van der Waals surface area contributed by atoms with Crippen LogP contribution in [-0.4, -0.2) is 45.8 Å². The van der Waals surface area contributed by atoms with Crippen LogP contribution in [0.3, 0.4) is 0 Å². The number of hydrogen-bond donors (Lipinski definition) is 2. The summed E-state index contributed by atoms with van der Waals surface area (Å²) in [4.78, 5) is 9.45. The fraction of sp³-hybridized carbons (Fsp3) is 0.619. The van der Waals surface area contributed by atoms with Crippen LogP contribution < -0.4 is 10.6 Å². The van der Waals surface area contributed by atoms with Crippen molar-refractivity contribution in [1.82, 2.24) is 25.0 Å². The molecule has 0 atom stereocenters. The third kappa shape index (κ3) is 6.75. The van der Waals surface area contributed by atoms with Crippen molar-refractivity contribution in [3.05, 3.63) is 23.9 Å². The monoisotopic (exact) mass is 493 g/mol. The van der Waals surface area contributed by atoms with E-state index in [9.17, 15) is 0 Å². The number of nitrogens with one attached hydrogen (secondary N) is 2. The molecule has 1 fully saturated rings. The highest BCUT2D eigenvalue weighted by atomic mass is 35.5. The summed E-state index contributed by atoms with van der Waals surface area (Å²) in [5.41, 5.74) is 4.29. The van der Waals surface area contributed by atoms with E-state index in [1.807, 2.05) is 17.8 Å². The van der Waals surface area contributed by atoms with Crippen LogP contribution in [0.1, 0.15) is 50.6 Å². The maximum atomic E-state index is 4.80. The summed E-state index contributed by atoms with van der Waals surface area (Å²) in [5, 5.41) is 8.39. The number of halogens is 3. The summed E-state index contributed by atoms with van der Waals surface area (Å²) in [5.74, 6) is 1.11. The van der Waals surface area contributed by atoms with Gasteiger partial charge < -0.3 is 10.6 Å². The first-order valence-corrected chi connectivity index (χ1v) is 11.5. The molecule has 0 amide bonds. The predicted molar refractivity (Wildman–Crippen MR) is 136 cm³/mol. The third-order valence-electron chi connectivity index (χ3n) is 5.54. The SMILES string of the molecule is Cc1nc2cccc3nc(SCCCCNCCNC4CCCCC4)c1n23.Cl.Cl.Cl. The first-order chi connectivity index (χ1) is 13.3. The Hall–Kier alpha value is -0.500. The second-order valence-corrected chi connectivity index (χ2v) is 8.72. The van der Waals surface area contributed by atoms with Gasteiger partial charge in [0.2, 0.25) is 0 Å². The lowest BCUT2D eigenvalue weighted by molar-refractivity contribution is 0.372. The van der Waals surface area contributed by atoms with Gasteiger partial charge >= 0.3 is 0 Å². The van der Waals surface area contributed by atoms with Crippen molar-refractivity contribution < 1.29 is 0 Å². The Morgan fingerprint density at radius 1 is 0.967 bits per heavy atom. The number of aromatic nitrogens is 3. The number of nitrogens with zero attached hydrogens (tertiary/aromatic N) is 3. The lowest BCUT2D eigenvalue weighted by Crippen LogP contribution is -2.36. The van der Waals surface area contributed by atoms with Gasteiger partial charge in [-0.2, -0.15) is 0 Å². The molecule has 170 valence electrons. The molecule has 0 bridgehead atoms. The number of rotatable bonds is 10. The van der Waals surface area contributed by atoms with Gasteiger partial charge in [-0.25, -0.2) is 9.97 Å². The Morgan fingerprint density at radius 3 is 2.47 bits per heavy atom. The molecular formula is C21H34Cl3N5S. The minimum absolute atomic E-state index is 0. The minimum Gasteiger partial charge on any atom is -0.315 e. The van der Waals surface area contributed by atoms with Crippen LogP contribution >= 0.6 is 49.0 Å². The van der Waals surface area contributed by atoms with E-state index in [1.165, 1.54) is 50.5 Å². The van der Waals surface area contributed by atoms with E-state index in [0.717, 1.165) is 53.4 Å². The van der Waals surface area contributed by atoms with Crippen molar-refractivity contribution >= 4 is 65.8 Å². The largest absolute Gasteiger partial charge is 0.315 e. The molecule has 0 aromatic carbocycles. The molecule has 0 radical (unpaired) electrons. The molecule has 2 N–H and O–H groups in total. The number of unbranched alkanes of at least 4 members (excludes halogenated alkanes) is 1. The van der Waals surface area contributed by atoms with Gasteiger partial charge in [-0.3, -0.25) is 4.40 Å². The molecule has 0 spiro atoms. The van der Waals surface area contributed by atoms with E-state index < -0.39 is 0 Å². The van der Waals surface area contributed by atoms with Gasteiger partial charge in [0.1, 0.15) is 21.8 Å². The van der Waals surface area contributed by atoms with Crippen molar-refractivity contribution in [3.63, 3.8) is 0 Å². The Morgan fingerprint density at radius 2 is 1.70 bits per heavy atom. The molecule has 0 saturated heterocycles. The van der Waals surface area contributed by atoms with E-state index in [-0.39, 0.29) is 37.2 Å². The van der Waals surface area contributed by atoms with Crippen LogP contribution in [0.25, 0.3) is 16.8 Å². The summed E-state index contributed by atoms with van der Waals surface area (Å²) < 4.78 is 2.18. The molecule has 1 aliphatic rings. The zero-order chi connectivity index (χ0) is 18.5. The summed E-state index contributed by atoms with van der Waals surface area (Å²) >= 11 is 1.87. The Bertz CT molecular complexity index is 854. The van der Waals surface area contributed by atoms with Gasteiger partial charge in [-0.1, -0.05) is 25.3 Å². The molecule has 30 heavy (non-hydrogen) atoms. The molecular weight excluding hydrogens is 461 g/mol. The molecule has 3 heterocycles. The topological polar surface area (TPSA) is 54.2 Å². The van der Waals surface area contributed by atoms with Crippen LogP contribution in [0.15, 0.2) is 23.2 Å². The fourth-order valence-corrected chi connectivity index (χ4v) is 5.18. The normalized spacial score (nSPS) is 14.4. The summed E-state index contributed by atoms with van der Waals surface area (Å²) in [6.07, 6.45) is 9.41. The van der Waals surface area contributed by atoms with Gasteiger partial charge in [0.05, 0.1) is 5.69 Å². The molecule has 0 aliphatic heterocycles. The van der Waals surface area contributed by atoms with Crippen LogP contribution in [0.4, 0.5) is 0 Å². The zero-order valence-corrected chi connectivity index (χ0v) is 20.8. The van der Waals surface area contributed by atoms with E-state index >= 15 is 0 Å². The van der Waals surface area contributed by atoms with Gasteiger partial charge in [0.25, 0.3) is 0 Å². The Labute approximate surface area is 202 Å². The highest BCUT2D eigenvalue weighted by Crippen LogP contribution is 2.29. The van der Waals surface area contributed by atoms with Gasteiger partial charge in [0, 0.05) is 19.1 Å². The standard InChI is InChI=1S/C21H31N5S.3ClH/c1-16-20-21(25-19-11-7-10-18(24-16)26(19)20)27-15-6-5-12-22-13-14-23-17-8-3-2-4-9-17;;;/h7,10-11,17,22-23H,2-6,8-9,12-15H2,1H3;3*1H. The van der Waals surface area contributed by atoms with Crippen LogP contribution in [0.2, 0.25) is 0 Å². The van der Waals surface area contributed by atoms with E-state index in [4.69, 9.17) is 4.98 Å². The molecule has 3 aromatic rings. The average Bonchev–Trinajstić information content (AvgIpc) is 3.23. The smallest absolute Gasteiger partial charge is 0.140 e. The predicted octanol–water partition coefficient (Wildman–Crippen LogP) is 5.28. The third-order valence-corrected chi connectivity index (χ3v) is 6.59. The van der Waals surface area contributed by atoms with Crippen molar-refractivity contribution in [3.8, 4) is 0 Å². The van der Waals surface area contributed by atoms with Crippen molar-refractivity contribution in [2.24, 2.45) is 0 Å². The second kappa shape index (κ2) is 13.8. The van der Waals surface area contributed by atoms with E-state index in [1.54, 1.807) is 0 Å². The quantitative estimate of drug-likeness (QED) is 0.297. The van der Waals surface area contributed by atoms with Crippen molar-refractivity contribution in [2.45, 2.75) is 62.9 Å². The number of aryl methyl sites for hydroxylation is 1. The first kappa shape index (κ1) is 27.5. The summed E-state index contributed by atoms with van der Waals surface area (Å²) in [6.45, 7) is 5.37. The highest BCUT2D eigenvalue weighted by Gasteiger charge is 2.15. The molecule has 4 rings (SSSR count). The molecule has 1 aliphatic carbocycles. The fourth-order valence-electron chi connectivity index (χ4n) is 4.10. The summed E-state index contributed by atoms with van der Waals surface area (Å²) in [6, 6.07) is 6.92. The molecule has 3 aromatic heterocycles. The number of hydrogen-bond acceptors (Lipinski definition) is 5. The van der Waals surface area contributed by atoms with Gasteiger partial charge in [-0.15, -0.1) is 49.0 Å². The molecule has 5 nitrogen and oxygen atoms in total. The summed E-state index contributed by atoms with van der Waals surface area (Å²) in [7, 11) is 0. The maximum Gasteiger partial charge on any atom is 0.140 e. The molecule has 9 heteroatoms. The van der Waals surface area contributed by atoms with Gasteiger partial charge in [0.15, 0.2) is 0 Å². The molecule has 0 unspecified atom stereocenters. The van der Waals surface area contributed by atoms with Crippen LogP contribution in [0, 0.1) is 6.92 Å². The second-order valence-electron chi connectivity index (χ2n) is 7.63. The molecule has 1 saturated carbocycles. The van der Waals surface area contributed by atoms with Gasteiger partial charge in [-0.05, 0) is 57.0 Å². The highest BCUT2D eigenvalue weighted by molar-refractivity contribution is 7.99. The van der Waals surface area contributed by atoms with Crippen molar-refractivity contribution in [2.75, 3.05) is 25.4 Å². The maximum absolute atomic E-state index is 4.80. The van der Waals surface area contributed by atoms with Crippen molar-refractivity contribution in [1.29, 1.82) is 0 Å². The Kier molecular flexibility index (Phi) is 12.7. The van der Waals surface area contributed by atoms with Crippen LogP contribution in [0.5, 0.6) is 0 Å². The lowest BCUT2D eigenvalue weighted by Gasteiger charge is -2.22. The van der Waals surface area contributed by atoms with E-state index in [0.29, 0.717) is 0 Å².